The van der Waals surface area contributed by atoms with E-state index in [0.717, 1.165) is 21.7 Å². The first-order valence-corrected chi connectivity index (χ1v) is 7.06. The summed E-state index contributed by atoms with van der Waals surface area (Å²) in [4.78, 5) is 20.3. The zero-order valence-corrected chi connectivity index (χ0v) is 12.1. The second kappa shape index (κ2) is 5.97. The van der Waals surface area contributed by atoms with Crippen molar-refractivity contribution < 1.29 is 4.79 Å². The zero-order valence-electron chi connectivity index (χ0n) is 11.3. The fourth-order valence-electron chi connectivity index (χ4n) is 2.20. The number of nitrogens with zero attached hydrogens (tertiary/aromatic N) is 2. The minimum atomic E-state index is 0.151. The molecule has 2 aromatic rings. The lowest BCUT2D eigenvalue weighted by Gasteiger charge is -2.09. The Morgan fingerprint density at radius 2 is 1.89 bits per heavy atom. The summed E-state index contributed by atoms with van der Waals surface area (Å²) in [6.45, 7) is 6.02. The van der Waals surface area contributed by atoms with E-state index in [9.17, 15) is 4.79 Å². The zero-order chi connectivity index (χ0) is 13.8. The number of carbonyl (C=O) groups is 1. The maximum atomic E-state index is 12.3. The Morgan fingerprint density at radius 1 is 1.21 bits per heavy atom. The summed E-state index contributed by atoms with van der Waals surface area (Å²) in [6.07, 6.45) is 3.18. The minimum Gasteiger partial charge on any atom is -0.293 e. The van der Waals surface area contributed by atoms with E-state index in [2.05, 4.69) is 22.1 Å². The normalized spacial score (nSPS) is 10.5. The van der Waals surface area contributed by atoms with Crippen LogP contribution in [0.3, 0.4) is 0 Å². The molecule has 4 heteroatoms. The molecule has 19 heavy (non-hydrogen) atoms. The van der Waals surface area contributed by atoms with Crippen molar-refractivity contribution in [1.82, 2.24) is 9.97 Å². The Bertz CT molecular complexity index is 573. The second-order valence-electron chi connectivity index (χ2n) is 4.53. The molecular weight excluding hydrogens is 256 g/mol. The third-order valence-corrected chi connectivity index (χ3v) is 3.81. The van der Waals surface area contributed by atoms with Gasteiger partial charge < -0.3 is 0 Å². The summed E-state index contributed by atoms with van der Waals surface area (Å²) in [5, 5.41) is 0.825. The highest BCUT2D eigenvalue weighted by Crippen LogP contribution is 2.21. The third kappa shape index (κ3) is 3.41. The standard InChI is InChI=1S/C15H16N2OS/c1-10-6-11(2)15(12(3)7-10)13(18)8-19-14-4-5-16-9-17-14/h4-7,9H,8H2,1-3H3. The van der Waals surface area contributed by atoms with Crippen LogP contribution in [0, 0.1) is 20.8 Å². The summed E-state index contributed by atoms with van der Waals surface area (Å²) in [7, 11) is 0. The molecule has 2 rings (SSSR count). The molecule has 0 saturated heterocycles. The monoisotopic (exact) mass is 272 g/mol. The first-order valence-electron chi connectivity index (χ1n) is 6.08. The lowest BCUT2D eigenvalue weighted by Crippen LogP contribution is -2.08. The minimum absolute atomic E-state index is 0.151. The Morgan fingerprint density at radius 3 is 2.47 bits per heavy atom. The van der Waals surface area contributed by atoms with Gasteiger partial charge in [0, 0.05) is 11.8 Å². The lowest BCUT2D eigenvalue weighted by atomic mass is 9.97. The Balaban J connectivity index is 2.13. The number of aromatic nitrogens is 2. The number of carbonyl (C=O) groups excluding carboxylic acids is 1. The van der Waals surface area contributed by atoms with Crippen molar-refractivity contribution in [2.45, 2.75) is 25.8 Å². The SMILES string of the molecule is Cc1cc(C)c(C(=O)CSc2ccncn2)c(C)c1. The molecule has 0 fully saturated rings. The van der Waals surface area contributed by atoms with Gasteiger partial charge in [-0.15, -0.1) is 0 Å². The summed E-state index contributed by atoms with van der Waals surface area (Å²) < 4.78 is 0. The van der Waals surface area contributed by atoms with Crippen LogP contribution in [-0.2, 0) is 0 Å². The fraction of sp³-hybridized carbons (Fsp3) is 0.267. The maximum Gasteiger partial charge on any atom is 0.173 e. The van der Waals surface area contributed by atoms with Gasteiger partial charge in [0.2, 0.25) is 0 Å². The maximum absolute atomic E-state index is 12.3. The highest BCUT2D eigenvalue weighted by atomic mass is 32.2. The summed E-state index contributed by atoms with van der Waals surface area (Å²) in [6, 6.07) is 5.91. The van der Waals surface area contributed by atoms with E-state index >= 15 is 0 Å². The topological polar surface area (TPSA) is 42.9 Å². The number of benzene rings is 1. The number of aryl methyl sites for hydroxylation is 3. The molecule has 0 aliphatic heterocycles. The van der Waals surface area contributed by atoms with Gasteiger partial charge in [0.15, 0.2) is 5.78 Å². The van der Waals surface area contributed by atoms with E-state index in [1.54, 1.807) is 6.20 Å². The number of Topliss-reactive ketones (excluding diaryl/α,β-unsaturated/α-hetero) is 1. The van der Waals surface area contributed by atoms with Crippen LogP contribution in [0.15, 0.2) is 35.7 Å². The highest BCUT2D eigenvalue weighted by Gasteiger charge is 2.13. The first kappa shape index (κ1) is 13.7. The number of thioether (sulfide) groups is 1. The van der Waals surface area contributed by atoms with Crippen LogP contribution in [0.1, 0.15) is 27.0 Å². The van der Waals surface area contributed by atoms with Crippen LogP contribution in [0.25, 0.3) is 0 Å². The van der Waals surface area contributed by atoms with E-state index in [0.29, 0.717) is 5.75 Å². The molecule has 0 amide bonds. The summed E-state index contributed by atoms with van der Waals surface area (Å²) in [5.74, 6) is 0.556. The smallest absolute Gasteiger partial charge is 0.173 e. The van der Waals surface area contributed by atoms with Crippen molar-refractivity contribution >= 4 is 17.5 Å². The third-order valence-electron chi connectivity index (χ3n) is 2.86. The summed E-state index contributed by atoms with van der Waals surface area (Å²) >= 11 is 1.44. The van der Waals surface area contributed by atoms with Gasteiger partial charge in [0.1, 0.15) is 6.33 Å². The molecule has 0 aliphatic rings. The molecule has 3 nitrogen and oxygen atoms in total. The predicted octanol–water partition coefficient (Wildman–Crippen LogP) is 3.38. The lowest BCUT2D eigenvalue weighted by molar-refractivity contribution is 0.102. The van der Waals surface area contributed by atoms with Crippen LogP contribution >= 0.6 is 11.8 Å². The molecule has 98 valence electrons. The van der Waals surface area contributed by atoms with Gasteiger partial charge >= 0.3 is 0 Å². The van der Waals surface area contributed by atoms with Crippen molar-refractivity contribution in [3.8, 4) is 0 Å². The van der Waals surface area contributed by atoms with Crippen molar-refractivity contribution in [2.75, 3.05) is 5.75 Å². The Labute approximate surface area is 117 Å². The van der Waals surface area contributed by atoms with Crippen LogP contribution in [0.2, 0.25) is 0 Å². The summed E-state index contributed by atoms with van der Waals surface area (Å²) in [5.41, 5.74) is 4.12. The molecule has 0 unspecified atom stereocenters. The first-order chi connectivity index (χ1) is 9.08. The average molecular weight is 272 g/mol. The molecule has 0 atom stereocenters. The van der Waals surface area contributed by atoms with Gasteiger partial charge in [0.05, 0.1) is 10.8 Å². The largest absolute Gasteiger partial charge is 0.293 e. The Hall–Kier alpha value is -1.68. The van der Waals surface area contributed by atoms with Gasteiger partial charge in [-0.2, -0.15) is 0 Å². The number of hydrogen-bond acceptors (Lipinski definition) is 4. The fourth-order valence-corrected chi connectivity index (χ4v) is 2.90. The van der Waals surface area contributed by atoms with Gasteiger partial charge in [-0.25, -0.2) is 9.97 Å². The van der Waals surface area contributed by atoms with Gasteiger partial charge in [0.25, 0.3) is 0 Å². The number of rotatable bonds is 4. The van der Waals surface area contributed by atoms with E-state index in [1.807, 2.05) is 26.8 Å². The molecule has 0 aliphatic carbocycles. The van der Waals surface area contributed by atoms with Crippen LogP contribution < -0.4 is 0 Å². The van der Waals surface area contributed by atoms with Gasteiger partial charge in [-0.1, -0.05) is 29.5 Å². The Kier molecular flexibility index (Phi) is 4.32. The molecule has 0 spiro atoms. The van der Waals surface area contributed by atoms with Crippen molar-refractivity contribution in [3.05, 3.63) is 53.0 Å². The van der Waals surface area contributed by atoms with Crippen molar-refractivity contribution in [3.63, 3.8) is 0 Å². The molecule has 0 saturated carbocycles. The van der Waals surface area contributed by atoms with Crippen molar-refractivity contribution in [1.29, 1.82) is 0 Å². The van der Waals surface area contributed by atoms with Crippen LogP contribution in [0.5, 0.6) is 0 Å². The molecule has 1 heterocycles. The van der Waals surface area contributed by atoms with E-state index in [-0.39, 0.29) is 5.78 Å². The molecule has 0 bridgehead atoms. The van der Waals surface area contributed by atoms with E-state index in [4.69, 9.17) is 0 Å². The second-order valence-corrected chi connectivity index (χ2v) is 5.53. The molecule has 1 aromatic carbocycles. The quantitative estimate of drug-likeness (QED) is 0.486. The average Bonchev–Trinajstić information content (AvgIpc) is 2.36. The highest BCUT2D eigenvalue weighted by molar-refractivity contribution is 7.99. The molecular formula is C15H16N2OS. The van der Waals surface area contributed by atoms with Crippen LogP contribution in [0.4, 0.5) is 0 Å². The predicted molar refractivity (Wildman–Crippen MR) is 77.7 cm³/mol. The number of ketones is 1. The van der Waals surface area contributed by atoms with E-state index in [1.165, 1.54) is 23.7 Å². The molecule has 0 radical (unpaired) electrons. The molecule has 0 N–H and O–H groups in total. The van der Waals surface area contributed by atoms with Gasteiger partial charge in [-0.05, 0) is 38.0 Å². The molecule has 1 aromatic heterocycles. The number of hydrogen-bond donors (Lipinski definition) is 0. The van der Waals surface area contributed by atoms with Crippen molar-refractivity contribution in [2.24, 2.45) is 0 Å². The van der Waals surface area contributed by atoms with Gasteiger partial charge in [-0.3, -0.25) is 4.79 Å². The van der Waals surface area contributed by atoms with Crippen LogP contribution in [-0.4, -0.2) is 21.5 Å². The van der Waals surface area contributed by atoms with E-state index < -0.39 is 0 Å².